The lowest BCUT2D eigenvalue weighted by molar-refractivity contribution is 0.498. The van der Waals surface area contributed by atoms with Gasteiger partial charge in [0.25, 0.3) is 0 Å². The Morgan fingerprint density at radius 1 is 1.10 bits per heavy atom. The van der Waals surface area contributed by atoms with E-state index in [1.165, 1.54) is 44.2 Å². The molecule has 1 atom stereocenters. The van der Waals surface area contributed by atoms with Gasteiger partial charge in [-0.25, -0.2) is 4.39 Å². The van der Waals surface area contributed by atoms with Crippen molar-refractivity contribution in [3.8, 4) is 0 Å². The molecular formula is C17H27BrFN. The molecule has 1 N–H and O–H groups in total. The van der Waals surface area contributed by atoms with Gasteiger partial charge < -0.3 is 5.32 Å². The predicted octanol–water partition coefficient (Wildman–Crippen LogP) is 5.85. The SMILES string of the molecule is CC(C)CCCCCCNC(C)c1ccc(F)cc1Br. The lowest BCUT2D eigenvalue weighted by atomic mass is 10.0. The first-order valence-electron chi connectivity index (χ1n) is 7.69. The van der Waals surface area contributed by atoms with Gasteiger partial charge in [-0.3, -0.25) is 0 Å². The van der Waals surface area contributed by atoms with Crippen LogP contribution in [0.1, 0.15) is 64.5 Å². The fourth-order valence-corrected chi connectivity index (χ4v) is 3.01. The molecule has 0 spiro atoms. The van der Waals surface area contributed by atoms with Crippen molar-refractivity contribution in [2.75, 3.05) is 6.54 Å². The highest BCUT2D eigenvalue weighted by molar-refractivity contribution is 9.10. The minimum Gasteiger partial charge on any atom is -0.310 e. The van der Waals surface area contributed by atoms with Crippen LogP contribution in [0.5, 0.6) is 0 Å². The molecule has 114 valence electrons. The summed E-state index contributed by atoms with van der Waals surface area (Å²) in [6.07, 6.45) is 6.51. The number of halogens is 2. The summed E-state index contributed by atoms with van der Waals surface area (Å²) in [5, 5.41) is 3.51. The van der Waals surface area contributed by atoms with Crippen LogP contribution >= 0.6 is 15.9 Å². The van der Waals surface area contributed by atoms with Crippen molar-refractivity contribution in [2.24, 2.45) is 5.92 Å². The Labute approximate surface area is 131 Å². The molecule has 0 aliphatic rings. The topological polar surface area (TPSA) is 12.0 Å². The zero-order chi connectivity index (χ0) is 15.0. The van der Waals surface area contributed by atoms with E-state index in [9.17, 15) is 4.39 Å². The van der Waals surface area contributed by atoms with Crippen LogP contribution < -0.4 is 5.32 Å². The van der Waals surface area contributed by atoms with Crippen LogP contribution in [-0.2, 0) is 0 Å². The zero-order valence-electron chi connectivity index (χ0n) is 12.9. The second kappa shape index (κ2) is 9.51. The molecule has 1 unspecified atom stereocenters. The van der Waals surface area contributed by atoms with E-state index in [-0.39, 0.29) is 11.9 Å². The highest BCUT2D eigenvalue weighted by atomic mass is 79.9. The van der Waals surface area contributed by atoms with Crippen molar-refractivity contribution in [3.63, 3.8) is 0 Å². The average molecular weight is 344 g/mol. The number of hydrogen-bond acceptors (Lipinski definition) is 1. The first kappa shape index (κ1) is 17.6. The van der Waals surface area contributed by atoms with Crippen molar-refractivity contribution in [2.45, 2.75) is 58.9 Å². The molecule has 0 fully saturated rings. The van der Waals surface area contributed by atoms with Gasteiger partial charge in [-0.05, 0) is 43.5 Å². The van der Waals surface area contributed by atoms with Crippen molar-refractivity contribution in [3.05, 3.63) is 34.1 Å². The lowest BCUT2D eigenvalue weighted by Crippen LogP contribution is -2.20. The molecule has 0 aliphatic heterocycles. The third-order valence-corrected chi connectivity index (χ3v) is 4.27. The maximum absolute atomic E-state index is 13.0. The fourth-order valence-electron chi connectivity index (χ4n) is 2.31. The molecule has 0 aromatic heterocycles. The highest BCUT2D eigenvalue weighted by Gasteiger charge is 2.09. The third kappa shape index (κ3) is 6.85. The molecule has 3 heteroatoms. The smallest absolute Gasteiger partial charge is 0.124 e. The molecule has 0 bridgehead atoms. The van der Waals surface area contributed by atoms with Crippen LogP contribution in [0.25, 0.3) is 0 Å². The molecule has 0 radical (unpaired) electrons. The van der Waals surface area contributed by atoms with E-state index in [0.29, 0.717) is 0 Å². The average Bonchev–Trinajstić information content (AvgIpc) is 2.37. The van der Waals surface area contributed by atoms with Crippen LogP contribution in [-0.4, -0.2) is 6.54 Å². The van der Waals surface area contributed by atoms with Crippen molar-refractivity contribution in [1.82, 2.24) is 5.32 Å². The Morgan fingerprint density at radius 3 is 2.45 bits per heavy atom. The van der Waals surface area contributed by atoms with Crippen molar-refractivity contribution in [1.29, 1.82) is 0 Å². The lowest BCUT2D eigenvalue weighted by Gasteiger charge is -2.16. The highest BCUT2D eigenvalue weighted by Crippen LogP contribution is 2.24. The van der Waals surface area contributed by atoms with Gasteiger partial charge >= 0.3 is 0 Å². The quantitative estimate of drug-likeness (QED) is 0.555. The molecule has 0 saturated carbocycles. The van der Waals surface area contributed by atoms with Crippen molar-refractivity contribution < 1.29 is 4.39 Å². The number of benzene rings is 1. The minimum absolute atomic E-state index is 0.196. The molecule has 1 rings (SSSR count). The number of unbranched alkanes of at least 4 members (excludes halogenated alkanes) is 3. The van der Waals surface area contributed by atoms with Crippen molar-refractivity contribution >= 4 is 15.9 Å². The summed E-state index contributed by atoms with van der Waals surface area (Å²) >= 11 is 3.42. The van der Waals surface area contributed by atoms with Gasteiger partial charge in [0, 0.05) is 10.5 Å². The molecule has 0 aliphatic carbocycles. The van der Waals surface area contributed by atoms with E-state index in [0.717, 1.165) is 22.5 Å². The Hall–Kier alpha value is -0.410. The zero-order valence-corrected chi connectivity index (χ0v) is 14.5. The first-order chi connectivity index (χ1) is 9.50. The van der Waals surface area contributed by atoms with E-state index >= 15 is 0 Å². The van der Waals surface area contributed by atoms with Gasteiger partial charge in [0.1, 0.15) is 5.82 Å². The molecule has 1 nitrogen and oxygen atoms in total. The Kier molecular flexibility index (Phi) is 8.39. The van der Waals surface area contributed by atoms with Gasteiger partial charge in [0.2, 0.25) is 0 Å². The number of rotatable bonds is 9. The summed E-state index contributed by atoms with van der Waals surface area (Å²) in [6.45, 7) is 7.71. The monoisotopic (exact) mass is 343 g/mol. The Balaban J connectivity index is 2.18. The van der Waals surface area contributed by atoms with E-state index < -0.39 is 0 Å². The van der Waals surface area contributed by atoms with Gasteiger partial charge in [0.05, 0.1) is 0 Å². The van der Waals surface area contributed by atoms with E-state index in [1.54, 1.807) is 0 Å². The largest absolute Gasteiger partial charge is 0.310 e. The summed E-state index contributed by atoms with van der Waals surface area (Å²) in [4.78, 5) is 0. The Bertz CT molecular complexity index is 393. The minimum atomic E-state index is -0.196. The summed E-state index contributed by atoms with van der Waals surface area (Å²) in [5.41, 5.74) is 1.12. The Morgan fingerprint density at radius 2 is 1.80 bits per heavy atom. The third-order valence-electron chi connectivity index (χ3n) is 3.59. The summed E-state index contributed by atoms with van der Waals surface area (Å²) in [7, 11) is 0. The summed E-state index contributed by atoms with van der Waals surface area (Å²) < 4.78 is 13.9. The van der Waals surface area contributed by atoms with Crippen LogP contribution in [0.2, 0.25) is 0 Å². The van der Waals surface area contributed by atoms with Gasteiger partial charge in [0.15, 0.2) is 0 Å². The molecule has 0 amide bonds. The molecular weight excluding hydrogens is 317 g/mol. The normalized spacial score (nSPS) is 12.9. The molecule has 1 aromatic rings. The summed E-state index contributed by atoms with van der Waals surface area (Å²) in [6, 6.07) is 5.14. The summed E-state index contributed by atoms with van der Waals surface area (Å²) in [5.74, 6) is 0.627. The van der Waals surface area contributed by atoms with Crippen LogP contribution in [0.15, 0.2) is 22.7 Å². The van der Waals surface area contributed by atoms with E-state index in [4.69, 9.17) is 0 Å². The number of hydrogen-bond donors (Lipinski definition) is 1. The second-order valence-corrected chi connectivity index (χ2v) is 6.79. The van der Waals surface area contributed by atoms with E-state index in [1.807, 2.05) is 6.07 Å². The fraction of sp³-hybridized carbons (Fsp3) is 0.647. The van der Waals surface area contributed by atoms with Crippen LogP contribution in [0, 0.1) is 11.7 Å². The van der Waals surface area contributed by atoms with Crippen LogP contribution in [0.3, 0.4) is 0 Å². The van der Waals surface area contributed by atoms with Gasteiger partial charge in [-0.2, -0.15) is 0 Å². The molecule has 0 heterocycles. The predicted molar refractivity (Wildman–Crippen MR) is 88.4 cm³/mol. The first-order valence-corrected chi connectivity index (χ1v) is 8.48. The standard InChI is InChI=1S/C17H27BrFN/c1-13(2)8-6-4-5-7-11-20-14(3)16-10-9-15(19)12-17(16)18/h9-10,12-14,20H,4-8,11H2,1-3H3. The molecule has 20 heavy (non-hydrogen) atoms. The molecule has 0 saturated heterocycles. The van der Waals surface area contributed by atoms with Gasteiger partial charge in [-0.15, -0.1) is 0 Å². The molecule has 1 aromatic carbocycles. The van der Waals surface area contributed by atoms with Gasteiger partial charge in [-0.1, -0.05) is 61.5 Å². The van der Waals surface area contributed by atoms with E-state index in [2.05, 4.69) is 42.0 Å². The van der Waals surface area contributed by atoms with Crippen LogP contribution in [0.4, 0.5) is 4.39 Å². The maximum atomic E-state index is 13.0. The number of nitrogens with one attached hydrogen (secondary N) is 1. The maximum Gasteiger partial charge on any atom is 0.124 e. The second-order valence-electron chi connectivity index (χ2n) is 5.94.